The number of hydroxylamine groups is 1. The molecular weight excluding hydrogens is 272 g/mol. The van der Waals surface area contributed by atoms with E-state index < -0.39 is 0 Å². The van der Waals surface area contributed by atoms with Crippen molar-refractivity contribution in [2.24, 2.45) is 5.92 Å². The highest BCUT2D eigenvalue weighted by atomic mass is 32.1. The maximum atomic E-state index is 12.1. The molecule has 2 aromatic rings. The molecule has 1 aromatic heterocycles. The number of carbonyl (C=O) groups is 1. The molecule has 104 valence electrons. The van der Waals surface area contributed by atoms with Gasteiger partial charge in [-0.2, -0.15) is 0 Å². The zero-order chi connectivity index (χ0) is 13.9. The minimum atomic E-state index is -0.111. The number of carbonyl (C=O) groups excluding carboxylic acids is 1. The summed E-state index contributed by atoms with van der Waals surface area (Å²) in [4.78, 5) is 21.6. The van der Waals surface area contributed by atoms with E-state index in [4.69, 9.17) is 9.82 Å². The van der Waals surface area contributed by atoms with Gasteiger partial charge in [-0.3, -0.25) is 9.63 Å². The Morgan fingerprint density at radius 1 is 1.35 bits per heavy atom. The average Bonchev–Trinajstić information content (AvgIpc) is 2.91. The number of benzene rings is 1. The van der Waals surface area contributed by atoms with Gasteiger partial charge in [0.05, 0.1) is 28.3 Å². The summed E-state index contributed by atoms with van der Waals surface area (Å²) in [5.74, 6) is -0.0471. The quantitative estimate of drug-likeness (QED) is 0.697. The van der Waals surface area contributed by atoms with Crippen molar-refractivity contribution in [3.8, 4) is 0 Å². The number of nitrogens with zero attached hydrogens (tertiary/aromatic N) is 1. The fraction of sp³-hybridized carbons (Fsp3) is 0.333. The Balaban J connectivity index is 1.93. The van der Waals surface area contributed by atoms with Crippen molar-refractivity contribution in [3.63, 3.8) is 0 Å². The minimum Gasteiger partial charge on any atom is -0.277 e. The molecule has 5 heteroatoms. The first-order chi connectivity index (χ1) is 9.79. The van der Waals surface area contributed by atoms with E-state index in [9.17, 15) is 4.79 Å². The molecule has 4 nitrogen and oxygen atoms in total. The van der Waals surface area contributed by atoms with Gasteiger partial charge in [0, 0.05) is 5.92 Å². The predicted octanol–water partition coefficient (Wildman–Crippen LogP) is 3.02. The summed E-state index contributed by atoms with van der Waals surface area (Å²) in [5.41, 5.74) is 3.46. The van der Waals surface area contributed by atoms with E-state index in [1.165, 1.54) is 11.8 Å². The van der Waals surface area contributed by atoms with Crippen molar-refractivity contribution in [1.29, 1.82) is 0 Å². The number of allylic oxidation sites excluding steroid dienone is 2. The Hall–Kier alpha value is -1.72. The van der Waals surface area contributed by atoms with Crippen LogP contribution < -0.4 is 5.48 Å². The fourth-order valence-electron chi connectivity index (χ4n) is 2.60. The zero-order valence-electron chi connectivity index (χ0n) is 11.2. The lowest BCUT2D eigenvalue weighted by molar-refractivity contribution is -0.136. The molecule has 1 aromatic carbocycles. The summed E-state index contributed by atoms with van der Waals surface area (Å²) in [6.07, 6.45) is 5.77. The predicted molar refractivity (Wildman–Crippen MR) is 79.4 cm³/mol. The summed E-state index contributed by atoms with van der Waals surface area (Å²) >= 11 is 1.68. The van der Waals surface area contributed by atoms with Gasteiger partial charge in [-0.25, -0.2) is 10.5 Å². The smallest absolute Gasteiger partial charge is 0.247 e. The van der Waals surface area contributed by atoms with E-state index in [1.807, 2.05) is 18.2 Å². The van der Waals surface area contributed by atoms with Crippen LogP contribution in [0.2, 0.25) is 0 Å². The van der Waals surface area contributed by atoms with Gasteiger partial charge in [0.25, 0.3) is 0 Å². The number of para-hydroxylation sites is 1. The summed E-state index contributed by atoms with van der Waals surface area (Å²) in [6, 6.07) is 8.08. The van der Waals surface area contributed by atoms with Crippen LogP contribution in [0.5, 0.6) is 0 Å². The van der Waals surface area contributed by atoms with Crippen LogP contribution >= 0.6 is 11.3 Å². The number of hydrogen-bond donors (Lipinski definition) is 1. The molecule has 0 saturated heterocycles. The number of hydrogen-bond acceptors (Lipinski definition) is 4. The number of fused-ring (bicyclic) bond motifs is 1. The van der Waals surface area contributed by atoms with Crippen molar-refractivity contribution in [1.82, 2.24) is 10.5 Å². The number of aromatic nitrogens is 1. The third kappa shape index (κ3) is 2.46. The standard InChI is InChI=1S/C15H16N2O2S/c1-19-17-14(18)10-6-2-3-7-11(10)15-16-12-8-4-5-9-13(12)20-15/h2-5,8-11H,6-7H2,1H3,(H,17,18)/t10-,11-/m1/s1. The number of thiazole rings is 1. The number of nitrogens with one attached hydrogen (secondary N) is 1. The second-order valence-electron chi connectivity index (χ2n) is 4.85. The Kier molecular flexibility index (Phi) is 3.80. The highest BCUT2D eigenvalue weighted by Gasteiger charge is 2.32. The van der Waals surface area contributed by atoms with Gasteiger partial charge in [-0.15, -0.1) is 11.3 Å². The van der Waals surface area contributed by atoms with E-state index >= 15 is 0 Å². The van der Waals surface area contributed by atoms with Gasteiger partial charge in [-0.05, 0) is 25.0 Å². The summed E-state index contributed by atoms with van der Waals surface area (Å²) in [5, 5.41) is 1.03. The van der Waals surface area contributed by atoms with Crippen molar-refractivity contribution in [2.45, 2.75) is 18.8 Å². The van der Waals surface area contributed by atoms with E-state index in [-0.39, 0.29) is 17.7 Å². The normalized spacial score (nSPS) is 22.1. The third-order valence-electron chi connectivity index (χ3n) is 3.60. The number of rotatable bonds is 3. The lowest BCUT2D eigenvalue weighted by Gasteiger charge is -2.25. The Labute approximate surface area is 121 Å². The number of amides is 1. The third-order valence-corrected chi connectivity index (χ3v) is 4.77. The van der Waals surface area contributed by atoms with Crippen molar-refractivity contribution < 1.29 is 9.63 Å². The van der Waals surface area contributed by atoms with Gasteiger partial charge in [0.2, 0.25) is 5.91 Å². The molecule has 1 N–H and O–H groups in total. The lowest BCUT2D eigenvalue weighted by Crippen LogP contribution is -2.34. The first-order valence-electron chi connectivity index (χ1n) is 6.63. The molecular formula is C15H16N2O2S. The van der Waals surface area contributed by atoms with Crippen LogP contribution in [0.4, 0.5) is 0 Å². The highest BCUT2D eigenvalue weighted by molar-refractivity contribution is 7.18. The molecule has 0 aliphatic heterocycles. The minimum absolute atomic E-state index is 0.0684. The molecule has 0 saturated carbocycles. The Bertz CT molecular complexity index is 617. The maximum absolute atomic E-state index is 12.1. The highest BCUT2D eigenvalue weighted by Crippen LogP contribution is 2.38. The molecule has 1 aliphatic carbocycles. The van der Waals surface area contributed by atoms with E-state index in [2.05, 4.69) is 23.7 Å². The summed E-state index contributed by atoms with van der Waals surface area (Å²) in [6.45, 7) is 0. The summed E-state index contributed by atoms with van der Waals surface area (Å²) in [7, 11) is 1.46. The molecule has 0 unspecified atom stereocenters. The van der Waals surface area contributed by atoms with Crippen molar-refractivity contribution >= 4 is 27.5 Å². The molecule has 1 aliphatic rings. The Morgan fingerprint density at radius 3 is 2.95 bits per heavy atom. The van der Waals surface area contributed by atoms with E-state index in [0.29, 0.717) is 0 Å². The fourth-order valence-corrected chi connectivity index (χ4v) is 3.75. The van der Waals surface area contributed by atoms with Gasteiger partial charge in [0.1, 0.15) is 0 Å². The zero-order valence-corrected chi connectivity index (χ0v) is 12.0. The molecule has 1 heterocycles. The molecule has 1 amide bonds. The monoisotopic (exact) mass is 288 g/mol. The average molecular weight is 288 g/mol. The van der Waals surface area contributed by atoms with Gasteiger partial charge in [0.15, 0.2) is 0 Å². The van der Waals surface area contributed by atoms with Crippen LogP contribution in [-0.2, 0) is 9.63 Å². The van der Waals surface area contributed by atoms with Crippen LogP contribution in [-0.4, -0.2) is 18.0 Å². The summed E-state index contributed by atoms with van der Waals surface area (Å²) < 4.78 is 1.17. The first kappa shape index (κ1) is 13.3. The maximum Gasteiger partial charge on any atom is 0.247 e. The van der Waals surface area contributed by atoms with Gasteiger partial charge < -0.3 is 0 Å². The lowest BCUT2D eigenvalue weighted by atomic mass is 9.83. The van der Waals surface area contributed by atoms with Crippen LogP contribution in [0, 0.1) is 5.92 Å². The van der Waals surface area contributed by atoms with Gasteiger partial charge >= 0.3 is 0 Å². The van der Waals surface area contributed by atoms with Crippen molar-refractivity contribution in [3.05, 3.63) is 41.4 Å². The van der Waals surface area contributed by atoms with E-state index in [1.54, 1.807) is 11.3 Å². The largest absolute Gasteiger partial charge is 0.277 e. The van der Waals surface area contributed by atoms with Crippen molar-refractivity contribution in [2.75, 3.05) is 7.11 Å². The second kappa shape index (κ2) is 5.73. The van der Waals surface area contributed by atoms with E-state index in [0.717, 1.165) is 23.4 Å². The van der Waals surface area contributed by atoms with Crippen LogP contribution in [0.3, 0.4) is 0 Å². The molecule has 0 fully saturated rings. The first-order valence-corrected chi connectivity index (χ1v) is 7.44. The molecule has 0 radical (unpaired) electrons. The van der Waals surface area contributed by atoms with Crippen LogP contribution in [0.25, 0.3) is 10.2 Å². The second-order valence-corrected chi connectivity index (χ2v) is 5.91. The molecule has 3 rings (SSSR count). The van der Waals surface area contributed by atoms with Gasteiger partial charge in [-0.1, -0.05) is 24.3 Å². The van der Waals surface area contributed by atoms with Crippen LogP contribution in [0.1, 0.15) is 23.8 Å². The molecule has 0 bridgehead atoms. The molecule has 0 spiro atoms. The topological polar surface area (TPSA) is 51.2 Å². The SMILES string of the molecule is CONC(=O)[C@@H]1CC=CC[C@H]1c1nc2ccccc2s1. The van der Waals surface area contributed by atoms with Crippen LogP contribution in [0.15, 0.2) is 36.4 Å². The Morgan fingerprint density at radius 2 is 2.15 bits per heavy atom. The molecule has 2 atom stereocenters. The molecule has 20 heavy (non-hydrogen) atoms.